The molecule has 2 unspecified atom stereocenters. The summed E-state index contributed by atoms with van der Waals surface area (Å²) in [7, 11) is -1.96. The van der Waals surface area contributed by atoms with Gasteiger partial charge in [-0.2, -0.15) is 4.31 Å². The minimum atomic E-state index is -3.53. The normalized spacial score (nSPS) is 24.0. The fraction of sp³-hybridized carbons (Fsp3) is 0.600. The smallest absolute Gasteiger partial charge is 0.244 e. The highest BCUT2D eigenvalue weighted by Gasteiger charge is 2.36. The van der Waals surface area contributed by atoms with E-state index in [-0.39, 0.29) is 12.1 Å². The largest absolute Gasteiger partial charge is 0.497 e. The Bertz CT molecular complexity index is 604. The SMILES string of the molecule is COc1cc(C)c(S(=O)(=O)N2CCOC(C)C2C)c(C)c1. The first kappa shape index (κ1) is 16.3. The highest BCUT2D eigenvalue weighted by Crippen LogP contribution is 2.30. The summed E-state index contributed by atoms with van der Waals surface area (Å²) in [6.45, 7) is 8.21. The Morgan fingerprint density at radius 3 is 2.33 bits per heavy atom. The fourth-order valence-corrected chi connectivity index (χ4v) is 4.89. The van der Waals surface area contributed by atoms with E-state index < -0.39 is 10.0 Å². The van der Waals surface area contributed by atoms with E-state index in [9.17, 15) is 8.42 Å². The van der Waals surface area contributed by atoms with Gasteiger partial charge in [0.1, 0.15) is 5.75 Å². The van der Waals surface area contributed by atoms with Crippen LogP contribution >= 0.6 is 0 Å². The van der Waals surface area contributed by atoms with Crippen LogP contribution in [0.1, 0.15) is 25.0 Å². The Balaban J connectivity index is 2.49. The van der Waals surface area contributed by atoms with Crippen molar-refractivity contribution in [1.82, 2.24) is 4.31 Å². The van der Waals surface area contributed by atoms with Crippen molar-refractivity contribution in [2.24, 2.45) is 0 Å². The van der Waals surface area contributed by atoms with Gasteiger partial charge in [0, 0.05) is 12.6 Å². The number of morpholine rings is 1. The molecule has 0 aromatic heterocycles. The van der Waals surface area contributed by atoms with Crippen molar-refractivity contribution in [2.75, 3.05) is 20.3 Å². The molecule has 2 atom stereocenters. The van der Waals surface area contributed by atoms with Crippen LogP contribution < -0.4 is 4.74 Å². The van der Waals surface area contributed by atoms with Crippen molar-refractivity contribution in [3.05, 3.63) is 23.3 Å². The lowest BCUT2D eigenvalue weighted by atomic mass is 10.1. The van der Waals surface area contributed by atoms with Crippen LogP contribution in [0.25, 0.3) is 0 Å². The molecule has 1 aromatic rings. The summed E-state index contributed by atoms with van der Waals surface area (Å²) in [6, 6.07) is 3.34. The van der Waals surface area contributed by atoms with Crippen molar-refractivity contribution >= 4 is 10.0 Å². The van der Waals surface area contributed by atoms with Gasteiger partial charge in [-0.1, -0.05) is 0 Å². The molecular weight excluding hydrogens is 290 g/mol. The van der Waals surface area contributed by atoms with Crippen molar-refractivity contribution < 1.29 is 17.9 Å². The van der Waals surface area contributed by atoms with E-state index in [4.69, 9.17) is 9.47 Å². The number of nitrogens with zero attached hydrogens (tertiary/aromatic N) is 1. The summed E-state index contributed by atoms with van der Waals surface area (Å²) in [5, 5.41) is 0. The molecule has 1 heterocycles. The van der Waals surface area contributed by atoms with Crippen LogP contribution in [0.3, 0.4) is 0 Å². The molecule has 1 saturated heterocycles. The number of benzene rings is 1. The Morgan fingerprint density at radius 1 is 1.24 bits per heavy atom. The molecule has 0 N–H and O–H groups in total. The molecule has 1 fully saturated rings. The third-order valence-electron chi connectivity index (χ3n) is 4.06. The number of hydrogen-bond donors (Lipinski definition) is 0. The zero-order chi connectivity index (χ0) is 15.8. The number of methoxy groups -OCH3 is 1. The van der Waals surface area contributed by atoms with E-state index in [0.717, 1.165) is 0 Å². The Morgan fingerprint density at radius 2 is 1.81 bits per heavy atom. The zero-order valence-corrected chi connectivity index (χ0v) is 14.0. The number of aryl methyl sites for hydroxylation is 2. The van der Waals surface area contributed by atoms with Crippen LogP contribution in [0.5, 0.6) is 5.75 Å². The lowest BCUT2D eigenvalue weighted by Crippen LogP contribution is -2.51. The maximum absolute atomic E-state index is 13.0. The molecule has 0 bridgehead atoms. The van der Waals surface area contributed by atoms with Crippen molar-refractivity contribution in [2.45, 2.75) is 44.7 Å². The Hall–Kier alpha value is -1.11. The van der Waals surface area contributed by atoms with E-state index in [1.165, 1.54) is 0 Å². The lowest BCUT2D eigenvalue weighted by molar-refractivity contribution is -0.0232. The van der Waals surface area contributed by atoms with Gasteiger partial charge < -0.3 is 9.47 Å². The quantitative estimate of drug-likeness (QED) is 0.857. The predicted octanol–water partition coefficient (Wildman–Crippen LogP) is 2.11. The minimum Gasteiger partial charge on any atom is -0.497 e. The first-order valence-electron chi connectivity index (χ1n) is 7.07. The topological polar surface area (TPSA) is 55.8 Å². The van der Waals surface area contributed by atoms with Gasteiger partial charge >= 0.3 is 0 Å². The highest BCUT2D eigenvalue weighted by molar-refractivity contribution is 7.89. The van der Waals surface area contributed by atoms with Crippen molar-refractivity contribution in [1.29, 1.82) is 0 Å². The van der Waals surface area contributed by atoms with Gasteiger partial charge in [-0.15, -0.1) is 0 Å². The molecule has 2 rings (SSSR count). The maximum atomic E-state index is 13.0. The molecule has 6 heteroatoms. The molecule has 21 heavy (non-hydrogen) atoms. The molecule has 5 nitrogen and oxygen atoms in total. The summed E-state index contributed by atoms with van der Waals surface area (Å²) in [4.78, 5) is 0.379. The molecule has 118 valence electrons. The second-order valence-corrected chi connectivity index (χ2v) is 7.35. The standard InChI is InChI=1S/C15H23NO4S/c1-10-8-14(19-5)9-11(2)15(10)21(17,18)16-6-7-20-13(4)12(16)3/h8-9,12-13H,6-7H2,1-5H3. The molecule has 1 aliphatic heterocycles. The van der Waals surface area contributed by atoms with Crippen LogP contribution in [0.15, 0.2) is 17.0 Å². The first-order valence-corrected chi connectivity index (χ1v) is 8.51. The molecule has 0 spiro atoms. The molecule has 0 aliphatic carbocycles. The van der Waals surface area contributed by atoms with E-state index >= 15 is 0 Å². The predicted molar refractivity (Wildman–Crippen MR) is 81.2 cm³/mol. The number of sulfonamides is 1. The van der Waals surface area contributed by atoms with Gasteiger partial charge in [0.25, 0.3) is 0 Å². The van der Waals surface area contributed by atoms with E-state index in [1.54, 1.807) is 37.4 Å². The second-order valence-electron chi connectivity index (χ2n) is 5.52. The maximum Gasteiger partial charge on any atom is 0.244 e. The fourth-order valence-electron chi connectivity index (χ4n) is 2.80. The van der Waals surface area contributed by atoms with Crippen LogP contribution in [-0.4, -0.2) is 45.1 Å². The van der Waals surface area contributed by atoms with Crippen LogP contribution in [0, 0.1) is 13.8 Å². The summed E-state index contributed by atoms with van der Waals surface area (Å²) >= 11 is 0. The molecule has 1 aromatic carbocycles. The molecule has 0 saturated carbocycles. The lowest BCUT2D eigenvalue weighted by Gasteiger charge is -2.37. The third kappa shape index (κ3) is 2.93. The minimum absolute atomic E-state index is 0.104. The summed E-state index contributed by atoms with van der Waals surface area (Å²) in [6.07, 6.45) is -0.104. The average molecular weight is 313 g/mol. The molecule has 0 radical (unpaired) electrons. The number of hydrogen-bond acceptors (Lipinski definition) is 4. The highest BCUT2D eigenvalue weighted by atomic mass is 32.2. The average Bonchev–Trinajstić information content (AvgIpc) is 2.40. The molecule has 1 aliphatic rings. The molecular formula is C15H23NO4S. The van der Waals surface area contributed by atoms with Gasteiger partial charge in [-0.3, -0.25) is 0 Å². The van der Waals surface area contributed by atoms with Crippen LogP contribution in [0.4, 0.5) is 0 Å². The zero-order valence-electron chi connectivity index (χ0n) is 13.2. The van der Waals surface area contributed by atoms with E-state index in [0.29, 0.717) is 34.9 Å². The summed E-state index contributed by atoms with van der Waals surface area (Å²) < 4.78 is 38.3. The van der Waals surface area contributed by atoms with Gasteiger partial charge in [0.05, 0.1) is 24.7 Å². The Labute approximate surface area is 126 Å². The second kappa shape index (κ2) is 5.94. The van der Waals surface area contributed by atoms with Crippen molar-refractivity contribution in [3.63, 3.8) is 0 Å². The van der Waals surface area contributed by atoms with Crippen LogP contribution in [0.2, 0.25) is 0 Å². The first-order chi connectivity index (χ1) is 9.78. The van der Waals surface area contributed by atoms with Gasteiger partial charge in [-0.25, -0.2) is 8.42 Å². The van der Waals surface area contributed by atoms with Gasteiger partial charge in [0.2, 0.25) is 10.0 Å². The Kier molecular flexibility index (Phi) is 4.60. The monoisotopic (exact) mass is 313 g/mol. The van der Waals surface area contributed by atoms with Gasteiger partial charge in [-0.05, 0) is 51.0 Å². The summed E-state index contributed by atoms with van der Waals surface area (Å²) in [5.41, 5.74) is 1.41. The third-order valence-corrected chi connectivity index (χ3v) is 6.35. The summed E-state index contributed by atoms with van der Waals surface area (Å²) in [5.74, 6) is 0.673. The van der Waals surface area contributed by atoms with Crippen LogP contribution in [-0.2, 0) is 14.8 Å². The van der Waals surface area contributed by atoms with Gasteiger partial charge in [0.15, 0.2) is 0 Å². The molecule has 0 amide bonds. The van der Waals surface area contributed by atoms with E-state index in [1.807, 2.05) is 13.8 Å². The number of rotatable bonds is 3. The number of ether oxygens (including phenoxy) is 2. The van der Waals surface area contributed by atoms with E-state index in [2.05, 4.69) is 0 Å². The van der Waals surface area contributed by atoms with Crippen molar-refractivity contribution in [3.8, 4) is 5.75 Å².